The molecule has 0 radical (unpaired) electrons. The van der Waals surface area contributed by atoms with Crippen molar-refractivity contribution >= 4 is 32.0 Å². The largest absolute Gasteiger partial charge is 0.505 e. The van der Waals surface area contributed by atoms with Crippen LogP contribution in [-0.4, -0.2) is 19.3 Å². The standard InChI is InChI=1S/C20H20N2O3S/c1-2-3-13-26(24,25)19-14-18(22-21-15-9-5-4-6-10-15)20(23)17-12-8-7-11-16(17)19/h4-12,14,23H,2-3,13H2,1H3. The number of hydrogen-bond donors (Lipinski definition) is 1. The smallest absolute Gasteiger partial charge is 0.179 e. The van der Waals surface area contributed by atoms with Crippen molar-refractivity contribution in [3.63, 3.8) is 0 Å². The second-order valence-corrected chi connectivity index (χ2v) is 8.07. The fourth-order valence-corrected chi connectivity index (χ4v) is 4.39. The molecule has 5 nitrogen and oxygen atoms in total. The Balaban J connectivity index is 2.16. The number of aromatic hydroxyl groups is 1. The topological polar surface area (TPSA) is 79.1 Å². The monoisotopic (exact) mass is 368 g/mol. The van der Waals surface area contributed by atoms with E-state index in [1.54, 1.807) is 36.4 Å². The van der Waals surface area contributed by atoms with Crippen molar-refractivity contribution < 1.29 is 13.5 Å². The Kier molecular flexibility index (Phi) is 5.32. The van der Waals surface area contributed by atoms with Crippen molar-refractivity contribution in [3.05, 3.63) is 60.7 Å². The highest BCUT2D eigenvalue weighted by molar-refractivity contribution is 7.91. The summed E-state index contributed by atoms with van der Waals surface area (Å²) < 4.78 is 25.6. The summed E-state index contributed by atoms with van der Waals surface area (Å²) >= 11 is 0. The summed E-state index contributed by atoms with van der Waals surface area (Å²) in [6, 6.07) is 17.4. The maximum Gasteiger partial charge on any atom is 0.179 e. The van der Waals surface area contributed by atoms with E-state index in [1.807, 2.05) is 25.1 Å². The van der Waals surface area contributed by atoms with E-state index >= 15 is 0 Å². The van der Waals surface area contributed by atoms with Crippen molar-refractivity contribution in [1.82, 2.24) is 0 Å². The molecule has 1 N–H and O–H groups in total. The number of benzene rings is 3. The van der Waals surface area contributed by atoms with Crippen LogP contribution in [0, 0.1) is 0 Å². The van der Waals surface area contributed by atoms with Crippen LogP contribution in [0.1, 0.15) is 19.8 Å². The number of sulfone groups is 1. The van der Waals surface area contributed by atoms with E-state index in [1.165, 1.54) is 6.07 Å². The number of fused-ring (bicyclic) bond motifs is 1. The summed E-state index contributed by atoms with van der Waals surface area (Å²) in [5.41, 5.74) is 0.762. The minimum atomic E-state index is -3.48. The molecular weight excluding hydrogens is 348 g/mol. The lowest BCUT2D eigenvalue weighted by Crippen LogP contribution is -2.07. The Labute approximate surface area is 152 Å². The van der Waals surface area contributed by atoms with Gasteiger partial charge in [0, 0.05) is 10.8 Å². The first kappa shape index (κ1) is 18.1. The normalized spacial score (nSPS) is 12.0. The number of phenols is 1. The van der Waals surface area contributed by atoms with Crippen LogP contribution in [0.3, 0.4) is 0 Å². The molecule has 0 bridgehead atoms. The summed E-state index contributed by atoms with van der Waals surface area (Å²) in [7, 11) is -3.48. The van der Waals surface area contributed by atoms with Crippen molar-refractivity contribution in [3.8, 4) is 5.75 Å². The highest BCUT2D eigenvalue weighted by Crippen LogP contribution is 2.40. The van der Waals surface area contributed by atoms with Crippen molar-refractivity contribution in [2.75, 3.05) is 5.75 Å². The van der Waals surface area contributed by atoms with E-state index in [-0.39, 0.29) is 22.1 Å². The van der Waals surface area contributed by atoms with Gasteiger partial charge in [0.2, 0.25) is 0 Å². The molecule has 0 saturated carbocycles. The van der Waals surface area contributed by atoms with Gasteiger partial charge in [-0.15, -0.1) is 5.11 Å². The van der Waals surface area contributed by atoms with Crippen molar-refractivity contribution in [1.29, 1.82) is 0 Å². The van der Waals surface area contributed by atoms with Gasteiger partial charge in [0.15, 0.2) is 15.6 Å². The van der Waals surface area contributed by atoms with Gasteiger partial charge < -0.3 is 5.11 Å². The van der Waals surface area contributed by atoms with Crippen LogP contribution in [0.4, 0.5) is 11.4 Å². The molecule has 6 heteroatoms. The second-order valence-electron chi connectivity index (χ2n) is 6.00. The van der Waals surface area contributed by atoms with Gasteiger partial charge >= 0.3 is 0 Å². The quantitative estimate of drug-likeness (QED) is 0.581. The molecule has 0 aliphatic carbocycles. The van der Waals surface area contributed by atoms with Crippen LogP contribution in [-0.2, 0) is 9.84 Å². The third-order valence-electron chi connectivity index (χ3n) is 4.09. The zero-order chi connectivity index (χ0) is 18.6. The Morgan fingerprint density at radius 3 is 2.27 bits per heavy atom. The Morgan fingerprint density at radius 2 is 1.58 bits per heavy atom. The maximum absolute atomic E-state index is 12.8. The molecule has 3 rings (SSSR count). The second kappa shape index (κ2) is 7.66. The minimum absolute atomic E-state index is 0.0630. The third-order valence-corrected chi connectivity index (χ3v) is 5.92. The first-order valence-electron chi connectivity index (χ1n) is 8.47. The number of azo groups is 1. The summed E-state index contributed by atoms with van der Waals surface area (Å²) in [5, 5.41) is 19.7. The van der Waals surface area contributed by atoms with Crippen LogP contribution in [0.2, 0.25) is 0 Å². The summed E-state index contributed by atoms with van der Waals surface area (Å²) in [5.74, 6) is -0.0113. The third kappa shape index (κ3) is 3.75. The van der Waals surface area contributed by atoms with Gasteiger partial charge in [-0.05, 0) is 24.6 Å². The summed E-state index contributed by atoms with van der Waals surface area (Å²) in [6.07, 6.45) is 1.37. The van der Waals surface area contributed by atoms with Crippen LogP contribution in [0.25, 0.3) is 10.8 Å². The van der Waals surface area contributed by atoms with E-state index in [0.29, 0.717) is 22.9 Å². The Bertz CT molecular complexity index is 1050. The van der Waals surface area contributed by atoms with E-state index in [0.717, 1.165) is 6.42 Å². The SMILES string of the molecule is CCCCS(=O)(=O)c1cc(N=Nc2ccccc2)c(O)c2ccccc12. The lowest BCUT2D eigenvalue weighted by molar-refractivity contribution is 0.482. The predicted molar refractivity (Wildman–Crippen MR) is 103 cm³/mol. The molecule has 134 valence electrons. The molecule has 26 heavy (non-hydrogen) atoms. The predicted octanol–water partition coefficient (Wildman–Crippen LogP) is 5.53. The minimum Gasteiger partial charge on any atom is -0.505 e. The number of phenolic OH excluding ortho intramolecular Hbond substituents is 1. The number of rotatable bonds is 6. The van der Waals surface area contributed by atoms with Gasteiger partial charge in [-0.3, -0.25) is 0 Å². The lowest BCUT2D eigenvalue weighted by atomic mass is 10.1. The zero-order valence-electron chi connectivity index (χ0n) is 14.5. The molecule has 0 aliphatic heterocycles. The maximum atomic E-state index is 12.8. The van der Waals surface area contributed by atoms with Gasteiger partial charge in [0.25, 0.3) is 0 Å². The Morgan fingerprint density at radius 1 is 0.923 bits per heavy atom. The fourth-order valence-electron chi connectivity index (χ4n) is 2.70. The van der Waals surface area contributed by atoms with Gasteiger partial charge in [-0.1, -0.05) is 55.8 Å². The number of nitrogens with zero attached hydrogens (tertiary/aromatic N) is 2. The van der Waals surface area contributed by atoms with E-state index < -0.39 is 9.84 Å². The van der Waals surface area contributed by atoms with Crippen molar-refractivity contribution in [2.24, 2.45) is 10.2 Å². The molecule has 0 aromatic heterocycles. The average molecular weight is 368 g/mol. The average Bonchev–Trinajstić information content (AvgIpc) is 2.67. The molecular formula is C20H20N2O3S. The molecule has 0 spiro atoms. The summed E-state index contributed by atoms with van der Waals surface area (Å²) in [6.45, 7) is 1.95. The molecule has 0 unspecified atom stereocenters. The molecule has 0 amide bonds. The van der Waals surface area contributed by atoms with Crippen LogP contribution in [0.5, 0.6) is 5.75 Å². The van der Waals surface area contributed by atoms with Crippen LogP contribution in [0.15, 0.2) is 75.8 Å². The first-order valence-corrected chi connectivity index (χ1v) is 10.1. The fraction of sp³-hybridized carbons (Fsp3) is 0.200. The first-order chi connectivity index (χ1) is 12.5. The lowest BCUT2D eigenvalue weighted by Gasteiger charge is -2.11. The molecule has 0 saturated heterocycles. The Hall–Kier alpha value is -2.73. The molecule has 3 aromatic rings. The van der Waals surface area contributed by atoms with E-state index in [4.69, 9.17) is 0 Å². The van der Waals surface area contributed by atoms with Gasteiger partial charge in [-0.2, -0.15) is 5.11 Å². The molecule has 0 atom stereocenters. The van der Waals surface area contributed by atoms with E-state index in [2.05, 4.69) is 10.2 Å². The van der Waals surface area contributed by atoms with Crippen LogP contribution < -0.4 is 0 Å². The van der Waals surface area contributed by atoms with Gasteiger partial charge in [0.05, 0.1) is 16.3 Å². The zero-order valence-corrected chi connectivity index (χ0v) is 15.3. The summed E-state index contributed by atoms with van der Waals surface area (Å²) in [4.78, 5) is 0.182. The number of unbranched alkanes of at least 4 members (excludes halogenated alkanes) is 1. The van der Waals surface area contributed by atoms with Crippen molar-refractivity contribution in [2.45, 2.75) is 24.7 Å². The van der Waals surface area contributed by atoms with E-state index in [9.17, 15) is 13.5 Å². The molecule has 3 aromatic carbocycles. The van der Waals surface area contributed by atoms with Gasteiger partial charge in [-0.25, -0.2) is 8.42 Å². The number of hydrogen-bond acceptors (Lipinski definition) is 5. The molecule has 0 aliphatic rings. The highest BCUT2D eigenvalue weighted by atomic mass is 32.2. The van der Waals surface area contributed by atoms with Crippen LogP contribution >= 0.6 is 0 Å². The highest BCUT2D eigenvalue weighted by Gasteiger charge is 2.21. The molecule has 0 fully saturated rings. The van der Waals surface area contributed by atoms with Gasteiger partial charge in [0.1, 0.15) is 5.69 Å². The molecule has 0 heterocycles.